The van der Waals surface area contributed by atoms with Crippen molar-refractivity contribution in [2.45, 2.75) is 13.0 Å². The first-order chi connectivity index (χ1) is 12.7. The molecule has 1 unspecified atom stereocenters. The van der Waals surface area contributed by atoms with Gasteiger partial charge in [0.2, 0.25) is 11.8 Å². The highest BCUT2D eigenvalue weighted by Gasteiger charge is 2.34. The van der Waals surface area contributed by atoms with Gasteiger partial charge in [-0.05, 0) is 24.3 Å². The summed E-state index contributed by atoms with van der Waals surface area (Å²) in [6, 6.07) is 7.05. The van der Waals surface area contributed by atoms with Gasteiger partial charge in [0, 0.05) is 13.0 Å². The minimum Gasteiger partial charge on any atom is -0.467 e. The van der Waals surface area contributed by atoms with Crippen LogP contribution < -0.4 is 5.32 Å². The number of hydrogen-bond donors (Lipinski definition) is 1. The Bertz CT molecular complexity index is 889. The number of nitrogens with one attached hydrogen (secondary N) is 1. The van der Waals surface area contributed by atoms with Crippen molar-refractivity contribution in [1.82, 2.24) is 24.6 Å². The first-order valence-corrected chi connectivity index (χ1v) is 8.11. The summed E-state index contributed by atoms with van der Waals surface area (Å²) in [4.78, 5) is 34.3. The van der Waals surface area contributed by atoms with Crippen molar-refractivity contribution in [1.29, 1.82) is 0 Å². The van der Waals surface area contributed by atoms with Crippen LogP contribution in [0.2, 0.25) is 0 Å². The second kappa shape index (κ2) is 6.79. The van der Waals surface area contributed by atoms with Crippen molar-refractivity contribution in [3.63, 3.8) is 0 Å². The molecule has 1 aliphatic rings. The molecule has 0 aliphatic carbocycles. The highest BCUT2D eigenvalue weighted by molar-refractivity contribution is 5.97. The Balaban J connectivity index is 1.37. The summed E-state index contributed by atoms with van der Waals surface area (Å²) < 4.78 is 6.78. The lowest BCUT2D eigenvalue weighted by molar-refractivity contribution is -0.128. The average Bonchev–Trinajstić information content (AvgIpc) is 3.39. The summed E-state index contributed by atoms with van der Waals surface area (Å²) in [6.07, 6.45) is 6.26. The fraction of sp³-hybridized carbons (Fsp3) is 0.235. The maximum absolute atomic E-state index is 12.5. The van der Waals surface area contributed by atoms with Gasteiger partial charge >= 0.3 is 0 Å². The zero-order chi connectivity index (χ0) is 17.9. The van der Waals surface area contributed by atoms with Crippen LogP contribution in [0.1, 0.15) is 12.2 Å². The number of rotatable bonds is 5. The third kappa shape index (κ3) is 3.32. The van der Waals surface area contributed by atoms with E-state index in [0.717, 1.165) is 0 Å². The van der Waals surface area contributed by atoms with Gasteiger partial charge in [-0.1, -0.05) is 0 Å². The maximum atomic E-state index is 12.5. The summed E-state index contributed by atoms with van der Waals surface area (Å²) in [7, 11) is 0. The number of nitrogens with zero attached hydrogens (tertiary/aromatic N) is 5. The second-order valence-corrected chi connectivity index (χ2v) is 5.99. The van der Waals surface area contributed by atoms with E-state index >= 15 is 0 Å². The molecule has 1 aliphatic heterocycles. The highest BCUT2D eigenvalue weighted by atomic mass is 16.3. The van der Waals surface area contributed by atoms with E-state index in [1.54, 1.807) is 41.9 Å². The number of aromatic nitrogens is 4. The molecule has 0 bridgehead atoms. The molecule has 1 saturated heterocycles. The molecule has 132 valence electrons. The van der Waals surface area contributed by atoms with Crippen LogP contribution in [0.15, 0.2) is 53.8 Å². The van der Waals surface area contributed by atoms with Crippen LogP contribution in [0.5, 0.6) is 0 Å². The topological polar surface area (TPSA) is 106 Å². The quantitative estimate of drug-likeness (QED) is 0.740. The molecule has 26 heavy (non-hydrogen) atoms. The minimum atomic E-state index is -0.396. The van der Waals surface area contributed by atoms with Gasteiger partial charge in [-0.2, -0.15) is 5.10 Å². The predicted octanol–water partition coefficient (Wildman–Crippen LogP) is 1.24. The Morgan fingerprint density at radius 1 is 1.35 bits per heavy atom. The van der Waals surface area contributed by atoms with Gasteiger partial charge < -0.3 is 14.6 Å². The van der Waals surface area contributed by atoms with Crippen LogP contribution in [0.3, 0.4) is 0 Å². The molecular weight excluding hydrogens is 336 g/mol. The van der Waals surface area contributed by atoms with E-state index < -0.39 is 5.92 Å². The van der Waals surface area contributed by atoms with E-state index in [9.17, 15) is 9.59 Å². The van der Waals surface area contributed by atoms with Gasteiger partial charge in [-0.3, -0.25) is 9.59 Å². The Kier molecular flexibility index (Phi) is 4.18. The lowest BCUT2D eigenvalue weighted by Gasteiger charge is -2.15. The molecule has 0 spiro atoms. The third-order valence-electron chi connectivity index (χ3n) is 4.18. The number of carbonyl (C=O) groups is 2. The summed E-state index contributed by atoms with van der Waals surface area (Å²) in [5.74, 6) is 0.651. The summed E-state index contributed by atoms with van der Waals surface area (Å²) in [5, 5.41) is 6.80. The predicted molar refractivity (Wildman–Crippen MR) is 90.0 cm³/mol. The van der Waals surface area contributed by atoms with E-state index in [2.05, 4.69) is 20.4 Å². The fourth-order valence-corrected chi connectivity index (χ4v) is 2.86. The largest absolute Gasteiger partial charge is 0.467 e. The zero-order valence-corrected chi connectivity index (χ0v) is 13.8. The van der Waals surface area contributed by atoms with Gasteiger partial charge in [0.25, 0.3) is 0 Å². The first kappa shape index (κ1) is 16.0. The van der Waals surface area contributed by atoms with Crippen LogP contribution in [0.4, 0.5) is 5.69 Å². The van der Waals surface area contributed by atoms with Gasteiger partial charge in [0.05, 0.1) is 30.6 Å². The van der Waals surface area contributed by atoms with Gasteiger partial charge in [0.1, 0.15) is 18.4 Å². The summed E-state index contributed by atoms with van der Waals surface area (Å²) in [5.41, 5.74) is 0.566. The number of pyridine rings is 1. The normalized spacial score (nSPS) is 16.8. The van der Waals surface area contributed by atoms with Gasteiger partial charge in [-0.25, -0.2) is 14.6 Å². The van der Waals surface area contributed by atoms with Crippen LogP contribution in [-0.4, -0.2) is 43.0 Å². The monoisotopic (exact) mass is 352 g/mol. The molecule has 9 heteroatoms. The number of carbonyl (C=O) groups excluding carboxylic acids is 2. The molecule has 0 radical (unpaired) electrons. The van der Waals surface area contributed by atoms with E-state index in [-0.39, 0.29) is 18.2 Å². The zero-order valence-electron chi connectivity index (χ0n) is 13.8. The average molecular weight is 352 g/mol. The molecule has 4 heterocycles. The number of likely N-dealkylation sites (tertiary alicyclic amines) is 1. The standard InChI is InChI=1S/C17H16N6O3/c24-16-6-12(8-22(16)9-14-2-1-5-26-14)17(25)21-13-3-4-15(19-7-13)23-11-18-10-20-23/h1-5,7,10-12H,6,8-9H2,(H,21,25). The molecule has 2 amide bonds. The molecule has 1 fully saturated rings. The Hall–Kier alpha value is -3.49. The van der Waals surface area contributed by atoms with E-state index in [4.69, 9.17) is 4.42 Å². The molecule has 3 aromatic rings. The van der Waals surface area contributed by atoms with Gasteiger partial charge in [0.15, 0.2) is 5.82 Å². The Labute approximate surface area is 148 Å². The van der Waals surface area contributed by atoms with Crippen LogP contribution in [0.25, 0.3) is 5.82 Å². The van der Waals surface area contributed by atoms with Crippen molar-refractivity contribution in [3.05, 3.63) is 55.1 Å². The lowest BCUT2D eigenvalue weighted by atomic mass is 10.1. The van der Waals surface area contributed by atoms with Crippen LogP contribution in [-0.2, 0) is 16.1 Å². The van der Waals surface area contributed by atoms with E-state index in [1.165, 1.54) is 11.0 Å². The molecular formula is C17H16N6O3. The Morgan fingerprint density at radius 2 is 2.27 bits per heavy atom. The maximum Gasteiger partial charge on any atom is 0.229 e. The molecule has 1 N–H and O–H groups in total. The van der Waals surface area contributed by atoms with Crippen molar-refractivity contribution in [2.75, 3.05) is 11.9 Å². The first-order valence-electron chi connectivity index (χ1n) is 8.11. The molecule has 9 nitrogen and oxygen atoms in total. The number of hydrogen-bond acceptors (Lipinski definition) is 6. The van der Waals surface area contributed by atoms with E-state index in [1.807, 2.05) is 6.07 Å². The molecule has 0 saturated carbocycles. The Morgan fingerprint density at radius 3 is 2.96 bits per heavy atom. The van der Waals surface area contributed by atoms with Crippen LogP contribution >= 0.6 is 0 Å². The molecule has 0 aromatic carbocycles. The fourth-order valence-electron chi connectivity index (χ4n) is 2.86. The number of furan rings is 1. The molecule has 4 rings (SSSR count). The summed E-state index contributed by atoms with van der Waals surface area (Å²) >= 11 is 0. The lowest BCUT2D eigenvalue weighted by Crippen LogP contribution is -2.27. The smallest absolute Gasteiger partial charge is 0.229 e. The van der Waals surface area contributed by atoms with Crippen LogP contribution in [0, 0.1) is 5.92 Å². The minimum absolute atomic E-state index is 0.0544. The van der Waals surface area contributed by atoms with Crippen molar-refractivity contribution in [3.8, 4) is 5.82 Å². The van der Waals surface area contributed by atoms with Crippen molar-refractivity contribution < 1.29 is 14.0 Å². The van der Waals surface area contributed by atoms with Crippen molar-refractivity contribution in [2.24, 2.45) is 5.92 Å². The third-order valence-corrected chi connectivity index (χ3v) is 4.18. The second-order valence-electron chi connectivity index (χ2n) is 5.99. The number of amides is 2. The summed E-state index contributed by atoms with van der Waals surface area (Å²) in [6.45, 7) is 0.750. The highest BCUT2D eigenvalue weighted by Crippen LogP contribution is 2.22. The molecule has 3 aromatic heterocycles. The van der Waals surface area contributed by atoms with Gasteiger partial charge in [-0.15, -0.1) is 0 Å². The van der Waals surface area contributed by atoms with Crippen molar-refractivity contribution >= 4 is 17.5 Å². The van der Waals surface area contributed by atoms with E-state index in [0.29, 0.717) is 30.4 Å². The SMILES string of the molecule is O=C(Nc1ccc(-n2cncn2)nc1)C1CC(=O)N(Cc2ccco2)C1. The molecule has 1 atom stereocenters. The number of anilines is 1.